The molecule has 0 saturated carbocycles. The van der Waals surface area contributed by atoms with Crippen molar-refractivity contribution < 1.29 is 9.90 Å². The van der Waals surface area contributed by atoms with Crippen LogP contribution in [0.3, 0.4) is 0 Å². The standard InChI is InChI=1S/C16H21N3O2/c1-12(2)11-19-10-9-17-16(19)18-15(21)8-5-13-3-6-14(20)7-4-13/h3-4,6-7,9-10,12,20H,5,8,11H2,1-2H3,(H,17,18,21). The van der Waals surface area contributed by atoms with Gasteiger partial charge in [0.15, 0.2) is 0 Å². The molecule has 1 heterocycles. The lowest BCUT2D eigenvalue weighted by atomic mass is 10.1. The molecular formula is C16H21N3O2. The molecule has 0 aliphatic carbocycles. The number of phenols is 1. The summed E-state index contributed by atoms with van der Waals surface area (Å²) in [6.45, 7) is 5.07. The number of aromatic hydroxyl groups is 1. The number of benzene rings is 1. The Bertz CT molecular complexity index is 588. The summed E-state index contributed by atoms with van der Waals surface area (Å²) in [6, 6.07) is 6.90. The van der Waals surface area contributed by atoms with E-state index in [0.717, 1.165) is 12.1 Å². The summed E-state index contributed by atoms with van der Waals surface area (Å²) < 4.78 is 1.95. The highest BCUT2D eigenvalue weighted by Gasteiger charge is 2.09. The zero-order valence-corrected chi connectivity index (χ0v) is 12.4. The summed E-state index contributed by atoms with van der Waals surface area (Å²) >= 11 is 0. The van der Waals surface area contributed by atoms with Crippen molar-refractivity contribution in [2.45, 2.75) is 33.2 Å². The van der Waals surface area contributed by atoms with Crippen LogP contribution >= 0.6 is 0 Å². The van der Waals surface area contributed by atoms with E-state index in [4.69, 9.17) is 0 Å². The molecule has 1 amide bonds. The number of aromatic nitrogens is 2. The first-order chi connectivity index (χ1) is 10.0. The first-order valence-electron chi connectivity index (χ1n) is 7.13. The minimum atomic E-state index is -0.0562. The van der Waals surface area contributed by atoms with Gasteiger partial charge < -0.3 is 9.67 Å². The van der Waals surface area contributed by atoms with E-state index < -0.39 is 0 Å². The van der Waals surface area contributed by atoms with E-state index in [0.29, 0.717) is 24.7 Å². The average Bonchev–Trinajstić information content (AvgIpc) is 2.84. The van der Waals surface area contributed by atoms with E-state index in [1.165, 1.54) is 0 Å². The molecule has 0 spiro atoms. The van der Waals surface area contributed by atoms with Crippen LogP contribution < -0.4 is 5.32 Å². The molecule has 0 unspecified atom stereocenters. The number of imidazole rings is 1. The second kappa shape index (κ2) is 6.92. The van der Waals surface area contributed by atoms with Gasteiger partial charge in [0.05, 0.1) is 0 Å². The molecule has 0 fully saturated rings. The van der Waals surface area contributed by atoms with Crippen LogP contribution in [-0.2, 0) is 17.8 Å². The van der Waals surface area contributed by atoms with E-state index in [-0.39, 0.29) is 11.7 Å². The van der Waals surface area contributed by atoms with Gasteiger partial charge in [-0.05, 0) is 30.0 Å². The highest BCUT2D eigenvalue weighted by molar-refractivity contribution is 5.89. The number of nitrogens with one attached hydrogen (secondary N) is 1. The van der Waals surface area contributed by atoms with E-state index in [2.05, 4.69) is 24.1 Å². The van der Waals surface area contributed by atoms with Gasteiger partial charge in [-0.15, -0.1) is 0 Å². The van der Waals surface area contributed by atoms with Crippen molar-refractivity contribution in [3.05, 3.63) is 42.2 Å². The van der Waals surface area contributed by atoms with Gasteiger partial charge in [0, 0.05) is 25.4 Å². The zero-order chi connectivity index (χ0) is 15.2. The molecule has 0 bridgehead atoms. The van der Waals surface area contributed by atoms with Gasteiger partial charge in [0.25, 0.3) is 0 Å². The Morgan fingerprint density at radius 1 is 1.33 bits per heavy atom. The second-order valence-corrected chi connectivity index (χ2v) is 5.51. The number of rotatable bonds is 6. The molecule has 2 rings (SSSR count). The molecule has 112 valence electrons. The maximum atomic E-state index is 12.0. The van der Waals surface area contributed by atoms with Gasteiger partial charge in [-0.25, -0.2) is 4.98 Å². The summed E-state index contributed by atoms with van der Waals surface area (Å²) in [4.78, 5) is 16.1. The van der Waals surface area contributed by atoms with Crippen molar-refractivity contribution >= 4 is 11.9 Å². The Morgan fingerprint density at radius 3 is 2.71 bits per heavy atom. The van der Waals surface area contributed by atoms with Crippen LogP contribution in [0.15, 0.2) is 36.7 Å². The third kappa shape index (κ3) is 4.63. The fourth-order valence-electron chi connectivity index (χ4n) is 2.08. The number of anilines is 1. The first-order valence-corrected chi connectivity index (χ1v) is 7.13. The van der Waals surface area contributed by atoms with E-state index in [1.54, 1.807) is 18.3 Å². The number of hydrogen-bond acceptors (Lipinski definition) is 3. The number of aryl methyl sites for hydroxylation is 1. The predicted octanol–water partition coefficient (Wildman–Crippen LogP) is 2.82. The van der Waals surface area contributed by atoms with E-state index >= 15 is 0 Å². The van der Waals surface area contributed by atoms with E-state index in [9.17, 15) is 9.90 Å². The maximum Gasteiger partial charge on any atom is 0.227 e. The van der Waals surface area contributed by atoms with Gasteiger partial charge in [0.1, 0.15) is 5.75 Å². The molecule has 0 atom stereocenters. The first kappa shape index (κ1) is 15.1. The van der Waals surface area contributed by atoms with Crippen molar-refractivity contribution in [2.24, 2.45) is 5.92 Å². The molecule has 5 heteroatoms. The summed E-state index contributed by atoms with van der Waals surface area (Å²) in [5.41, 5.74) is 1.02. The van der Waals surface area contributed by atoms with Gasteiger partial charge in [-0.2, -0.15) is 0 Å². The molecule has 0 saturated heterocycles. The molecule has 21 heavy (non-hydrogen) atoms. The number of carbonyl (C=O) groups excluding carboxylic acids is 1. The fraction of sp³-hybridized carbons (Fsp3) is 0.375. The third-order valence-corrected chi connectivity index (χ3v) is 3.11. The van der Waals surface area contributed by atoms with Crippen LogP contribution in [-0.4, -0.2) is 20.6 Å². The number of amides is 1. The predicted molar refractivity (Wildman–Crippen MR) is 82.1 cm³/mol. The molecule has 1 aromatic carbocycles. The van der Waals surface area contributed by atoms with Gasteiger partial charge in [-0.3, -0.25) is 10.1 Å². The van der Waals surface area contributed by atoms with Crippen molar-refractivity contribution in [3.63, 3.8) is 0 Å². The largest absolute Gasteiger partial charge is 0.508 e. The number of hydrogen-bond donors (Lipinski definition) is 2. The number of nitrogens with zero attached hydrogens (tertiary/aromatic N) is 2. The van der Waals surface area contributed by atoms with Crippen molar-refractivity contribution in [2.75, 3.05) is 5.32 Å². The Morgan fingerprint density at radius 2 is 2.05 bits per heavy atom. The normalized spacial score (nSPS) is 10.8. The summed E-state index contributed by atoms with van der Waals surface area (Å²) in [7, 11) is 0. The van der Waals surface area contributed by atoms with E-state index in [1.807, 2.05) is 22.9 Å². The third-order valence-electron chi connectivity index (χ3n) is 3.11. The molecule has 0 radical (unpaired) electrons. The monoisotopic (exact) mass is 287 g/mol. The highest BCUT2D eigenvalue weighted by Crippen LogP contribution is 2.12. The smallest absolute Gasteiger partial charge is 0.227 e. The van der Waals surface area contributed by atoms with Crippen LogP contribution in [0.2, 0.25) is 0 Å². The molecule has 2 N–H and O–H groups in total. The minimum absolute atomic E-state index is 0.0562. The fourth-order valence-corrected chi connectivity index (χ4v) is 2.08. The SMILES string of the molecule is CC(C)Cn1ccnc1NC(=O)CCc1ccc(O)cc1. The molecule has 0 aliphatic heterocycles. The Hall–Kier alpha value is -2.30. The lowest BCUT2D eigenvalue weighted by Crippen LogP contribution is -2.17. The summed E-state index contributed by atoms with van der Waals surface area (Å²) in [5.74, 6) is 1.27. The quantitative estimate of drug-likeness (QED) is 0.858. The van der Waals surface area contributed by atoms with Crippen LogP contribution in [0.1, 0.15) is 25.8 Å². The van der Waals surface area contributed by atoms with Crippen LogP contribution in [0.4, 0.5) is 5.95 Å². The number of phenolic OH excluding ortho intramolecular Hbond substituents is 1. The molecule has 1 aromatic heterocycles. The van der Waals surface area contributed by atoms with Gasteiger partial charge >= 0.3 is 0 Å². The summed E-state index contributed by atoms with van der Waals surface area (Å²) in [6.07, 6.45) is 4.59. The van der Waals surface area contributed by atoms with Crippen LogP contribution in [0, 0.1) is 5.92 Å². The van der Waals surface area contributed by atoms with Crippen LogP contribution in [0.25, 0.3) is 0 Å². The Labute approximate surface area is 124 Å². The van der Waals surface area contributed by atoms with Gasteiger partial charge in [-0.1, -0.05) is 26.0 Å². The molecule has 0 aliphatic rings. The second-order valence-electron chi connectivity index (χ2n) is 5.51. The molecule has 5 nitrogen and oxygen atoms in total. The Kier molecular flexibility index (Phi) is 4.98. The van der Waals surface area contributed by atoms with Crippen molar-refractivity contribution in [1.82, 2.24) is 9.55 Å². The molecule has 2 aromatic rings. The minimum Gasteiger partial charge on any atom is -0.508 e. The lowest BCUT2D eigenvalue weighted by Gasteiger charge is -2.11. The summed E-state index contributed by atoms with van der Waals surface area (Å²) in [5, 5.41) is 12.1. The zero-order valence-electron chi connectivity index (χ0n) is 12.4. The number of carbonyl (C=O) groups is 1. The average molecular weight is 287 g/mol. The highest BCUT2D eigenvalue weighted by atomic mass is 16.3. The Balaban J connectivity index is 1.87. The van der Waals surface area contributed by atoms with Crippen molar-refractivity contribution in [3.8, 4) is 5.75 Å². The molecular weight excluding hydrogens is 266 g/mol. The maximum absolute atomic E-state index is 12.0. The van der Waals surface area contributed by atoms with Gasteiger partial charge in [0.2, 0.25) is 11.9 Å². The van der Waals surface area contributed by atoms with Crippen molar-refractivity contribution in [1.29, 1.82) is 0 Å². The topological polar surface area (TPSA) is 67.2 Å². The lowest BCUT2D eigenvalue weighted by molar-refractivity contribution is -0.116. The van der Waals surface area contributed by atoms with Crippen LogP contribution in [0.5, 0.6) is 5.75 Å².